The molecule has 0 atom stereocenters. The average Bonchev–Trinajstić information content (AvgIpc) is 3.24. The largest absolute Gasteiger partial charge is 0.486 e. The Bertz CT molecular complexity index is 1060. The molecule has 3 aromatic rings. The quantitative estimate of drug-likeness (QED) is 0.355. The van der Waals surface area contributed by atoms with Gasteiger partial charge in [0.05, 0.1) is 5.75 Å². The number of aromatic nitrogens is 3. The molecule has 4 rings (SSSR count). The Morgan fingerprint density at radius 3 is 2.48 bits per heavy atom. The minimum atomic E-state index is 0.123. The number of para-hydroxylation sites is 1. The lowest BCUT2D eigenvalue weighted by atomic mass is 10.2. The molecule has 0 saturated carbocycles. The van der Waals surface area contributed by atoms with Crippen LogP contribution in [-0.2, 0) is 17.9 Å². The summed E-state index contributed by atoms with van der Waals surface area (Å²) in [5.41, 5.74) is 2.39. The highest BCUT2D eigenvalue weighted by atomic mass is 32.2. The van der Waals surface area contributed by atoms with Gasteiger partial charge in [0, 0.05) is 38.4 Å². The lowest BCUT2D eigenvalue weighted by Crippen LogP contribution is -2.49. The maximum absolute atomic E-state index is 12.8. The van der Waals surface area contributed by atoms with E-state index in [-0.39, 0.29) is 5.91 Å². The second-order valence-electron chi connectivity index (χ2n) is 7.89. The molecule has 7 nitrogen and oxygen atoms in total. The van der Waals surface area contributed by atoms with Gasteiger partial charge in [-0.05, 0) is 31.2 Å². The van der Waals surface area contributed by atoms with E-state index in [2.05, 4.69) is 33.8 Å². The van der Waals surface area contributed by atoms with E-state index in [4.69, 9.17) is 4.74 Å². The summed E-state index contributed by atoms with van der Waals surface area (Å²) in [7, 11) is 0. The molecule has 172 valence electrons. The van der Waals surface area contributed by atoms with Crippen LogP contribution in [0.3, 0.4) is 0 Å². The summed E-state index contributed by atoms with van der Waals surface area (Å²) in [6, 6.07) is 18.2. The Morgan fingerprint density at radius 2 is 1.79 bits per heavy atom. The van der Waals surface area contributed by atoms with Crippen molar-refractivity contribution in [2.45, 2.75) is 25.2 Å². The average molecular weight is 464 g/mol. The maximum atomic E-state index is 12.8. The Kier molecular flexibility index (Phi) is 7.67. The third-order valence-electron chi connectivity index (χ3n) is 5.57. The van der Waals surface area contributed by atoms with Crippen molar-refractivity contribution in [3.63, 3.8) is 0 Å². The van der Waals surface area contributed by atoms with E-state index in [1.807, 2.05) is 58.9 Å². The SMILES string of the molecule is C=CCn1c(COc2ccc(C)cc2)nnc1SCC(=O)N1CCN(c2ccccc2)CC1. The summed E-state index contributed by atoms with van der Waals surface area (Å²) in [4.78, 5) is 17.1. The van der Waals surface area contributed by atoms with Crippen molar-refractivity contribution in [3.8, 4) is 5.75 Å². The molecule has 1 amide bonds. The molecule has 0 spiro atoms. The number of anilines is 1. The van der Waals surface area contributed by atoms with E-state index in [0.717, 1.165) is 31.9 Å². The molecule has 1 fully saturated rings. The summed E-state index contributed by atoms with van der Waals surface area (Å²) in [6.07, 6.45) is 1.80. The van der Waals surface area contributed by atoms with Gasteiger partial charge in [0.15, 0.2) is 11.0 Å². The standard InChI is InChI=1S/C25H29N5O2S/c1-3-13-30-23(18-32-22-11-9-20(2)10-12-22)26-27-25(30)33-19-24(31)29-16-14-28(15-17-29)21-7-5-4-6-8-21/h3-12H,1,13-19H2,2H3. The van der Waals surface area contributed by atoms with Gasteiger partial charge in [-0.15, -0.1) is 16.8 Å². The van der Waals surface area contributed by atoms with Crippen LogP contribution in [0.25, 0.3) is 0 Å². The van der Waals surface area contributed by atoms with Crippen LogP contribution >= 0.6 is 11.8 Å². The van der Waals surface area contributed by atoms with Crippen molar-refractivity contribution in [1.82, 2.24) is 19.7 Å². The molecular weight excluding hydrogens is 434 g/mol. The van der Waals surface area contributed by atoms with Crippen molar-refractivity contribution in [2.24, 2.45) is 0 Å². The fourth-order valence-electron chi connectivity index (χ4n) is 3.70. The Labute approximate surface area is 199 Å². The molecule has 1 saturated heterocycles. The van der Waals surface area contributed by atoms with E-state index in [0.29, 0.717) is 29.9 Å². The van der Waals surface area contributed by atoms with Crippen LogP contribution < -0.4 is 9.64 Å². The highest BCUT2D eigenvalue weighted by Gasteiger charge is 2.22. The lowest BCUT2D eigenvalue weighted by molar-refractivity contribution is -0.128. The molecule has 2 heterocycles. The molecule has 33 heavy (non-hydrogen) atoms. The Hall–Kier alpha value is -3.26. The molecule has 0 bridgehead atoms. The van der Waals surface area contributed by atoms with Gasteiger partial charge in [-0.25, -0.2) is 0 Å². The van der Waals surface area contributed by atoms with E-state index in [9.17, 15) is 4.79 Å². The number of amides is 1. The van der Waals surface area contributed by atoms with E-state index >= 15 is 0 Å². The first-order valence-corrected chi connectivity index (χ1v) is 12.1. The van der Waals surface area contributed by atoms with Crippen LogP contribution in [-0.4, -0.2) is 57.5 Å². The van der Waals surface area contributed by atoms with Gasteiger partial charge in [0.25, 0.3) is 0 Å². The summed E-state index contributed by atoms with van der Waals surface area (Å²) in [6.45, 7) is 9.88. The molecule has 0 N–H and O–H groups in total. The van der Waals surface area contributed by atoms with Crippen LogP contribution in [0.5, 0.6) is 5.75 Å². The number of benzene rings is 2. The molecule has 8 heteroatoms. The van der Waals surface area contributed by atoms with Crippen LogP contribution in [0, 0.1) is 6.92 Å². The first kappa shape index (κ1) is 22.9. The molecule has 1 aliphatic rings. The van der Waals surface area contributed by atoms with E-state index in [1.165, 1.54) is 23.0 Å². The highest BCUT2D eigenvalue weighted by Crippen LogP contribution is 2.21. The van der Waals surface area contributed by atoms with Gasteiger partial charge in [-0.3, -0.25) is 9.36 Å². The zero-order valence-corrected chi connectivity index (χ0v) is 19.7. The molecule has 2 aromatic carbocycles. The third-order valence-corrected chi connectivity index (χ3v) is 6.52. The second kappa shape index (κ2) is 11.0. The molecule has 0 radical (unpaired) electrons. The number of hydrogen-bond donors (Lipinski definition) is 0. The van der Waals surface area contributed by atoms with Crippen molar-refractivity contribution in [1.29, 1.82) is 0 Å². The first-order valence-electron chi connectivity index (χ1n) is 11.1. The van der Waals surface area contributed by atoms with Crippen LogP contribution in [0.2, 0.25) is 0 Å². The molecule has 1 aliphatic heterocycles. The zero-order chi connectivity index (χ0) is 23.0. The number of aryl methyl sites for hydroxylation is 1. The predicted molar refractivity (Wildman–Crippen MR) is 132 cm³/mol. The van der Waals surface area contributed by atoms with Gasteiger partial charge in [0.1, 0.15) is 12.4 Å². The number of piperazine rings is 1. The summed E-state index contributed by atoms with van der Waals surface area (Å²) in [5, 5.41) is 9.29. The topological polar surface area (TPSA) is 63.5 Å². The third kappa shape index (κ3) is 5.96. The smallest absolute Gasteiger partial charge is 0.233 e. The fraction of sp³-hybridized carbons (Fsp3) is 0.320. The summed E-state index contributed by atoms with van der Waals surface area (Å²) in [5.74, 6) is 1.95. The summed E-state index contributed by atoms with van der Waals surface area (Å²) >= 11 is 1.41. The number of thioether (sulfide) groups is 1. The van der Waals surface area contributed by atoms with Crippen molar-refractivity contribution in [2.75, 3.05) is 36.8 Å². The molecule has 0 unspecified atom stereocenters. The summed E-state index contributed by atoms with van der Waals surface area (Å²) < 4.78 is 7.82. The van der Waals surface area contributed by atoms with Gasteiger partial charge in [0.2, 0.25) is 5.91 Å². The first-order chi connectivity index (χ1) is 16.1. The monoisotopic (exact) mass is 463 g/mol. The molecular formula is C25H29N5O2S. The van der Waals surface area contributed by atoms with Gasteiger partial charge in [-0.2, -0.15) is 0 Å². The Morgan fingerprint density at radius 1 is 1.06 bits per heavy atom. The van der Waals surface area contributed by atoms with Gasteiger partial charge >= 0.3 is 0 Å². The zero-order valence-electron chi connectivity index (χ0n) is 18.9. The van der Waals surface area contributed by atoms with Crippen LogP contribution in [0.1, 0.15) is 11.4 Å². The number of allylic oxidation sites excluding steroid dienone is 1. The number of ether oxygens (including phenoxy) is 1. The minimum absolute atomic E-state index is 0.123. The predicted octanol–water partition coefficient (Wildman–Crippen LogP) is 3.79. The van der Waals surface area contributed by atoms with E-state index in [1.54, 1.807) is 6.08 Å². The fourth-order valence-corrected chi connectivity index (χ4v) is 4.57. The molecule has 0 aliphatic carbocycles. The highest BCUT2D eigenvalue weighted by molar-refractivity contribution is 7.99. The number of hydrogen-bond acceptors (Lipinski definition) is 6. The van der Waals surface area contributed by atoms with Crippen molar-refractivity contribution >= 4 is 23.4 Å². The van der Waals surface area contributed by atoms with Crippen LogP contribution in [0.15, 0.2) is 72.4 Å². The van der Waals surface area contributed by atoms with E-state index < -0.39 is 0 Å². The van der Waals surface area contributed by atoms with Gasteiger partial charge in [-0.1, -0.05) is 53.7 Å². The number of carbonyl (C=O) groups excluding carboxylic acids is 1. The number of carbonyl (C=O) groups is 1. The maximum Gasteiger partial charge on any atom is 0.233 e. The van der Waals surface area contributed by atoms with Gasteiger partial charge < -0.3 is 14.5 Å². The Balaban J connectivity index is 1.30. The van der Waals surface area contributed by atoms with Crippen molar-refractivity contribution < 1.29 is 9.53 Å². The number of nitrogens with zero attached hydrogens (tertiary/aromatic N) is 5. The van der Waals surface area contributed by atoms with Crippen LogP contribution in [0.4, 0.5) is 5.69 Å². The lowest BCUT2D eigenvalue weighted by Gasteiger charge is -2.36. The van der Waals surface area contributed by atoms with Crippen molar-refractivity contribution in [3.05, 3.63) is 78.6 Å². The molecule has 1 aromatic heterocycles. The normalized spacial score (nSPS) is 13.7. The second-order valence-corrected chi connectivity index (χ2v) is 8.83. The number of rotatable bonds is 9. The minimum Gasteiger partial charge on any atom is -0.486 e.